The highest BCUT2D eigenvalue weighted by molar-refractivity contribution is 5.28. The van der Waals surface area contributed by atoms with E-state index in [0.717, 1.165) is 57.9 Å². The average molecular weight is 319 g/mol. The van der Waals surface area contributed by atoms with E-state index in [2.05, 4.69) is 23.1 Å². The van der Waals surface area contributed by atoms with E-state index >= 15 is 0 Å². The van der Waals surface area contributed by atoms with Crippen LogP contribution in [0.1, 0.15) is 31.2 Å². The van der Waals surface area contributed by atoms with E-state index in [0.29, 0.717) is 5.92 Å². The lowest BCUT2D eigenvalue weighted by Crippen LogP contribution is -2.47. The monoisotopic (exact) mass is 319 g/mol. The third-order valence-electron chi connectivity index (χ3n) is 5.51. The molecule has 0 unspecified atom stereocenters. The van der Waals surface area contributed by atoms with Gasteiger partial charge in [-0.2, -0.15) is 0 Å². The van der Waals surface area contributed by atoms with Crippen LogP contribution in [-0.2, 0) is 16.0 Å². The molecule has 1 aromatic carbocycles. The van der Waals surface area contributed by atoms with Gasteiger partial charge in [-0.3, -0.25) is 4.90 Å². The van der Waals surface area contributed by atoms with Gasteiger partial charge < -0.3 is 14.2 Å². The maximum Gasteiger partial charge on any atom is 0.119 e. The molecule has 2 saturated heterocycles. The van der Waals surface area contributed by atoms with Crippen LogP contribution >= 0.6 is 0 Å². The summed E-state index contributed by atoms with van der Waals surface area (Å²) in [4.78, 5) is 2.54. The summed E-state index contributed by atoms with van der Waals surface area (Å²) in [6.45, 7) is 4.99. The van der Waals surface area contributed by atoms with E-state index in [9.17, 15) is 0 Å². The number of benzene rings is 1. The second-order valence-electron chi connectivity index (χ2n) is 6.81. The number of likely N-dealkylation sites (tertiary alicyclic amines) is 1. The molecule has 3 rings (SSSR count). The molecule has 0 amide bonds. The van der Waals surface area contributed by atoms with Crippen LogP contribution < -0.4 is 4.74 Å². The first-order valence-corrected chi connectivity index (χ1v) is 8.74. The Morgan fingerprint density at radius 1 is 1.26 bits per heavy atom. The van der Waals surface area contributed by atoms with Crippen molar-refractivity contribution in [3.63, 3.8) is 0 Å². The van der Waals surface area contributed by atoms with Crippen molar-refractivity contribution in [2.75, 3.05) is 40.5 Å². The molecule has 0 bridgehead atoms. The van der Waals surface area contributed by atoms with Gasteiger partial charge in [-0.1, -0.05) is 12.1 Å². The fourth-order valence-electron chi connectivity index (χ4n) is 4.12. The summed E-state index contributed by atoms with van der Waals surface area (Å²) in [5, 5.41) is 0. The van der Waals surface area contributed by atoms with Crippen molar-refractivity contribution in [1.29, 1.82) is 0 Å². The first-order chi connectivity index (χ1) is 11.3. The molecule has 2 aliphatic rings. The second-order valence-corrected chi connectivity index (χ2v) is 6.81. The summed E-state index contributed by atoms with van der Waals surface area (Å²) < 4.78 is 16.8. The summed E-state index contributed by atoms with van der Waals surface area (Å²) in [5.41, 5.74) is 1.44. The molecule has 1 atom stereocenters. The summed E-state index contributed by atoms with van der Waals surface area (Å²) >= 11 is 0. The molecule has 128 valence electrons. The van der Waals surface area contributed by atoms with Gasteiger partial charge in [0.15, 0.2) is 0 Å². The quantitative estimate of drug-likeness (QED) is 0.806. The van der Waals surface area contributed by atoms with Crippen LogP contribution in [0.2, 0.25) is 0 Å². The van der Waals surface area contributed by atoms with Gasteiger partial charge >= 0.3 is 0 Å². The first-order valence-electron chi connectivity index (χ1n) is 8.74. The molecule has 0 N–H and O–H groups in total. The normalized spacial score (nSPS) is 24.2. The minimum absolute atomic E-state index is 0.114. The number of nitrogens with zero attached hydrogens (tertiary/aromatic N) is 1. The Bertz CT molecular complexity index is 497. The Balaban J connectivity index is 1.55. The van der Waals surface area contributed by atoms with E-state index < -0.39 is 0 Å². The topological polar surface area (TPSA) is 30.9 Å². The lowest BCUT2D eigenvalue weighted by atomic mass is 9.78. The maximum absolute atomic E-state index is 6.22. The largest absolute Gasteiger partial charge is 0.497 e. The molecule has 4 heteroatoms. The zero-order valence-electron chi connectivity index (χ0n) is 14.4. The number of piperidine rings is 1. The van der Waals surface area contributed by atoms with Crippen molar-refractivity contribution in [2.45, 2.75) is 37.8 Å². The molecule has 0 saturated carbocycles. The van der Waals surface area contributed by atoms with E-state index in [1.807, 2.05) is 6.07 Å². The van der Waals surface area contributed by atoms with Gasteiger partial charge in [-0.25, -0.2) is 0 Å². The van der Waals surface area contributed by atoms with E-state index in [-0.39, 0.29) is 5.60 Å². The van der Waals surface area contributed by atoms with Gasteiger partial charge in [-0.05, 0) is 49.3 Å². The summed E-state index contributed by atoms with van der Waals surface area (Å²) in [5.74, 6) is 1.61. The van der Waals surface area contributed by atoms with Gasteiger partial charge in [0.1, 0.15) is 5.75 Å². The zero-order valence-corrected chi connectivity index (χ0v) is 14.4. The highest BCUT2D eigenvalue weighted by atomic mass is 16.5. The smallest absolute Gasteiger partial charge is 0.119 e. The van der Waals surface area contributed by atoms with Crippen molar-refractivity contribution in [1.82, 2.24) is 4.90 Å². The Hall–Kier alpha value is -1.10. The van der Waals surface area contributed by atoms with Gasteiger partial charge in [0.25, 0.3) is 0 Å². The lowest BCUT2D eigenvalue weighted by Gasteiger charge is -2.42. The van der Waals surface area contributed by atoms with Crippen molar-refractivity contribution in [2.24, 2.45) is 5.92 Å². The third kappa shape index (κ3) is 3.87. The molecule has 2 heterocycles. The van der Waals surface area contributed by atoms with E-state index in [1.165, 1.54) is 12.0 Å². The predicted octanol–water partition coefficient (Wildman–Crippen LogP) is 3.10. The molecule has 1 aromatic rings. The highest BCUT2D eigenvalue weighted by Gasteiger charge is 2.45. The fraction of sp³-hybridized carbons (Fsp3) is 0.684. The van der Waals surface area contributed by atoms with Crippen LogP contribution in [0.25, 0.3) is 0 Å². The first kappa shape index (κ1) is 16.7. The predicted molar refractivity (Wildman–Crippen MR) is 90.8 cm³/mol. The molecule has 4 nitrogen and oxygen atoms in total. The fourth-order valence-corrected chi connectivity index (χ4v) is 4.12. The Kier molecular flexibility index (Phi) is 5.57. The van der Waals surface area contributed by atoms with Crippen LogP contribution in [-0.4, -0.2) is 51.0 Å². The van der Waals surface area contributed by atoms with Gasteiger partial charge in [0.2, 0.25) is 0 Å². The second kappa shape index (κ2) is 7.65. The molecule has 1 spiro atoms. The van der Waals surface area contributed by atoms with Gasteiger partial charge in [-0.15, -0.1) is 0 Å². The van der Waals surface area contributed by atoms with Crippen molar-refractivity contribution in [3.05, 3.63) is 29.8 Å². The van der Waals surface area contributed by atoms with E-state index in [4.69, 9.17) is 14.2 Å². The highest BCUT2D eigenvalue weighted by Crippen LogP contribution is 2.42. The van der Waals surface area contributed by atoms with Crippen LogP contribution in [0, 0.1) is 5.92 Å². The number of methoxy groups -OCH3 is 2. The van der Waals surface area contributed by atoms with Gasteiger partial charge in [0, 0.05) is 40.0 Å². The molecule has 0 radical (unpaired) electrons. The van der Waals surface area contributed by atoms with Crippen LogP contribution in [0.4, 0.5) is 0 Å². The van der Waals surface area contributed by atoms with Gasteiger partial charge in [0.05, 0.1) is 12.7 Å². The SMILES string of the molecule is COCC[C@@H]1CCOC12CCN(Cc1cccc(OC)c1)CC2. The number of hydrogen-bond donors (Lipinski definition) is 0. The Labute approximate surface area is 139 Å². The van der Waals surface area contributed by atoms with Crippen LogP contribution in [0.5, 0.6) is 5.75 Å². The average Bonchev–Trinajstić information content (AvgIpc) is 2.97. The van der Waals surface area contributed by atoms with Crippen molar-refractivity contribution >= 4 is 0 Å². The Morgan fingerprint density at radius 3 is 2.83 bits per heavy atom. The molecule has 2 fully saturated rings. The lowest BCUT2D eigenvalue weighted by molar-refractivity contribution is -0.0721. The maximum atomic E-state index is 6.22. The molecule has 2 aliphatic heterocycles. The summed E-state index contributed by atoms with van der Waals surface area (Å²) in [6, 6.07) is 8.39. The van der Waals surface area contributed by atoms with Crippen LogP contribution in [0.15, 0.2) is 24.3 Å². The molecular weight excluding hydrogens is 290 g/mol. The minimum atomic E-state index is 0.114. The number of hydrogen-bond acceptors (Lipinski definition) is 4. The molecular formula is C19H29NO3. The number of ether oxygens (including phenoxy) is 3. The summed E-state index contributed by atoms with van der Waals surface area (Å²) in [6.07, 6.45) is 4.61. The summed E-state index contributed by atoms with van der Waals surface area (Å²) in [7, 11) is 3.51. The Morgan fingerprint density at radius 2 is 2.09 bits per heavy atom. The zero-order chi connectivity index (χ0) is 16.1. The molecule has 0 aliphatic carbocycles. The van der Waals surface area contributed by atoms with Crippen LogP contribution in [0.3, 0.4) is 0 Å². The van der Waals surface area contributed by atoms with Crippen molar-refractivity contribution in [3.8, 4) is 5.75 Å². The standard InChI is InChI=1S/C19H29NO3/c1-21-12-6-17-7-13-23-19(17)8-10-20(11-9-19)15-16-4-3-5-18(14-16)22-2/h3-5,14,17H,6-13,15H2,1-2H3/t17-/m1/s1. The third-order valence-corrected chi connectivity index (χ3v) is 5.51. The van der Waals surface area contributed by atoms with Crippen molar-refractivity contribution < 1.29 is 14.2 Å². The molecule has 23 heavy (non-hydrogen) atoms. The molecule has 0 aromatic heterocycles. The van der Waals surface area contributed by atoms with E-state index in [1.54, 1.807) is 14.2 Å². The number of rotatable bonds is 6. The minimum Gasteiger partial charge on any atom is -0.497 e.